The molecule has 1 aliphatic carbocycles. The van der Waals surface area contributed by atoms with Gasteiger partial charge in [0.2, 0.25) is 10.0 Å². The summed E-state index contributed by atoms with van der Waals surface area (Å²) in [7, 11) is -3.53. The van der Waals surface area contributed by atoms with Crippen LogP contribution >= 0.6 is 0 Å². The molecule has 0 bridgehead atoms. The summed E-state index contributed by atoms with van der Waals surface area (Å²) in [5.41, 5.74) is 1.04. The van der Waals surface area contributed by atoms with Gasteiger partial charge in [-0.1, -0.05) is 42.3 Å². The highest BCUT2D eigenvalue weighted by Crippen LogP contribution is 2.25. The van der Waals surface area contributed by atoms with E-state index in [0.29, 0.717) is 4.90 Å². The Morgan fingerprint density at radius 2 is 1.62 bits per heavy atom. The van der Waals surface area contributed by atoms with E-state index in [2.05, 4.69) is 4.72 Å². The molecule has 0 heterocycles. The lowest BCUT2D eigenvalue weighted by atomic mass is 9.93. The topological polar surface area (TPSA) is 55.4 Å². The number of sulfonamides is 1. The lowest BCUT2D eigenvalue weighted by Gasteiger charge is -2.32. The van der Waals surface area contributed by atoms with E-state index in [1.54, 1.807) is 12.1 Å². The van der Waals surface area contributed by atoms with Gasteiger partial charge in [0.25, 0.3) is 0 Å². The Labute approximate surface area is 143 Å². The lowest BCUT2D eigenvalue weighted by molar-refractivity contribution is 0.125. The quantitative estimate of drug-likeness (QED) is 0.900. The molecule has 0 radical (unpaired) electrons. The van der Waals surface area contributed by atoms with E-state index in [0.717, 1.165) is 37.0 Å². The molecule has 1 saturated carbocycles. The highest BCUT2D eigenvalue weighted by Gasteiger charge is 2.31. The fourth-order valence-corrected chi connectivity index (χ4v) is 4.33. The van der Waals surface area contributed by atoms with Crippen LogP contribution in [0.5, 0.6) is 5.75 Å². The van der Waals surface area contributed by atoms with Crippen LogP contribution in [-0.2, 0) is 10.0 Å². The van der Waals surface area contributed by atoms with Crippen molar-refractivity contribution >= 4 is 10.0 Å². The second-order valence-electron chi connectivity index (χ2n) is 6.29. The summed E-state index contributed by atoms with van der Waals surface area (Å²) in [6.07, 6.45) is 3.58. The highest BCUT2D eigenvalue weighted by molar-refractivity contribution is 7.89. The van der Waals surface area contributed by atoms with Gasteiger partial charge in [-0.15, -0.1) is 0 Å². The molecule has 1 N–H and O–H groups in total. The van der Waals surface area contributed by atoms with Crippen molar-refractivity contribution in [1.29, 1.82) is 0 Å². The maximum absolute atomic E-state index is 12.6. The SMILES string of the molecule is Cc1ccc(S(=O)(=O)NC2CCCCC2Oc2ccccc2)cc1. The molecule has 1 aliphatic rings. The third-order valence-electron chi connectivity index (χ3n) is 4.37. The van der Waals surface area contributed by atoms with E-state index < -0.39 is 10.0 Å². The molecule has 0 aromatic heterocycles. The zero-order chi connectivity index (χ0) is 17.0. The number of hydrogen-bond acceptors (Lipinski definition) is 3. The standard InChI is InChI=1S/C19H23NO3S/c1-15-11-13-17(14-12-15)24(21,22)20-18-9-5-6-10-19(18)23-16-7-3-2-4-8-16/h2-4,7-8,11-14,18-20H,5-6,9-10H2,1H3. The highest BCUT2D eigenvalue weighted by atomic mass is 32.2. The zero-order valence-corrected chi connectivity index (χ0v) is 14.6. The van der Waals surface area contributed by atoms with Crippen LogP contribution in [0.4, 0.5) is 0 Å². The predicted molar refractivity (Wildman–Crippen MR) is 94.6 cm³/mol. The molecule has 1 fully saturated rings. The van der Waals surface area contributed by atoms with Crippen LogP contribution in [0.15, 0.2) is 59.5 Å². The van der Waals surface area contributed by atoms with Gasteiger partial charge in [0.15, 0.2) is 0 Å². The van der Waals surface area contributed by atoms with Crippen molar-refractivity contribution in [3.05, 3.63) is 60.2 Å². The Hall–Kier alpha value is -1.85. The first kappa shape index (κ1) is 17.0. The monoisotopic (exact) mass is 345 g/mol. The molecule has 2 aromatic rings. The van der Waals surface area contributed by atoms with Gasteiger partial charge in [-0.3, -0.25) is 0 Å². The molecule has 0 aliphatic heterocycles. The lowest BCUT2D eigenvalue weighted by Crippen LogP contribution is -2.47. The van der Waals surface area contributed by atoms with E-state index in [4.69, 9.17) is 4.74 Å². The van der Waals surface area contributed by atoms with Crippen molar-refractivity contribution in [3.63, 3.8) is 0 Å². The van der Waals surface area contributed by atoms with Crippen LogP contribution in [0.2, 0.25) is 0 Å². The van der Waals surface area contributed by atoms with Crippen LogP contribution in [-0.4, -0.2) is 20.6 Å². The van der Waals surface area contributed by atoms with Gasteiger partial charge in [-0.25, -0.2) is 13.1 Å². The largest absolute Gasteiger partial charge is 0.489 e. The van der Waals surface area contributed by atoms with Crippen molar-refractivity contribution in [1.82, 2.24) is 4.72 Å². The number of ether oxygens (including phenoxy) is 1. The minimum atomic E-state index is -3.53. The fourth-order valence-electron chi connectivity index (χ4n) is 3.03. The third-order valence-corrected chi connectivity index (χ3v) is 5.88. The molecule has 0 saturated heterocycles. The predicted octanol–water partition coefficient (Wildman–Crippen LogP) is 3.66. The first-order valence-electron chi connectivity index (χ1n) is 8.35. The molecular weight excluding hydrogens is 322 g/mol. The number of hydrogen-bond donors (Lipinski definition) is 1. The Bertz CT molecular complexity index is 757. The zero-order valence-electron chi connectivity index (χ0n) is 13.8. The van der Waals surface area contributed by atoms with Gasteiger partial charge in [-0.05, 0) is 50.5 Å². The van der Waals surface area contributed by atoms with Crippen LogP contribution < -0.4 is 9.46 Å². The maximum atomic E-state index is 12.6. The van der Waals surface area contributed by atoms with Crippen molar-refractivity contribution in [3.8, 4) is 5.75 Å². The molecular formula is C19H23NO3S. The van der Waals surface area contributed by atoms with Gasteiger partial charge < -0.3 is 4.74 Å². The van der Waals surface area contributed by atoms with Crippen molar-refractivity contribution in [2.75, 3.05) is 0 Å². The van der Waals surface area contributed by atoms with E-state index in [1.807, 2.05) is 49.4 Å². The average molecular weight is 345 g/mol. The Morgan fingerprint density at radius 1 is 0.958 bits per heavy atom. The first-order valence-corrected chi connectivity index (χ1v) is 9.84. The van der Waals surface area contributed by atoms with Crippen molar-refractivity contribution < 1.29 is 13.2 Å². The number of nitrogens with one attached hydrogen (secondary N) is 1. The molecule has 2 atom stereocenters. The molecule has 5 heteroatoms. The van der Waals surface area contributed by atoms with Gasteiger partial charge in [0.1, 0.15) is 11.9 Å². The van der Waals surface area contributed by atoms with Crippen LogP contribution in [0, 0.1) is 6.92 Å². The molecule has 2 unspecified atom stereocenters. The number of benzene rings is 2. The summed E-state index contributed by atoms with van der Waals surface area (Å²) >= 11 is 0. The summed E-state index contributed by atoms with van der Waals surface area (Å²) in [6.45, 7) is 1.94. The van der Waals surface area contributed by atoms with Crippen LogP contribution in [0.1, 0.15) is 31.2 Å². The third kappa shape index (κ3) is 4.16. The van der Waals surface area contributed by atoms with E-state index in [-0.39, 0.29) is 12.1 Å². The van der Waals surface area contributed by atoms with E-state index >= 15 is 0 Å². The normalized spacial score (nSPS) is 21.4. The van der Waals surface area contributed by atoms with Gasteiger partial charge in [0, 0.05) is 0 Å². The number of aryl methyl sites for hydroxylation is 1. The van der Waals surface area contributed by atoms with Crippen LogP contribution in [0.3, 0.4) is 0 Å². The van der Waals surface area contributed by atoms with Crippen molar-refractivity contribution in [2.24, 2.45) is 0 Å². The van der Waals surface area contributed by atoms with Gasteiger partial charge in [0.05, 0.1) is 10.9 Å². The van der Waals surface area contributed by atoms with Crippen molar-refractivity contribution in [2.45, 2.75) is 49.6 Å². The molecule has 4 nitrogen and oxygen atoms in total. The van der Waals surface area contributed by atoms with Gasteiger partial charge in [-0.2, -0.15) is 0 Å². The van der Waals surface area contributed by atoms with Crippen LogP contribution in [0.25, 0.3) is 0 Å². The maximum Gasteiger partial charge on any atom is 0.240 e. The molecule has 24 heavy (non-hydrogen) atoms. The summed E-state index contributed by atoms with van der Waals surface area (Å²) < 4.78 is 34.2. The minimum Gasteiger partial charge on any atom is -0.489 e. The summed E-state index contributed by atoms with van der Waals surface area (Å²) in [6, 6.07) is 16.3. The summed E-state index contributed by atoms with van der Waals surface area (Å²) in [5, 5.41) is 0. The van der Waals surface area contributed by atoms with Gasteiger partial charge >= 0.3 is 0 Å². The second kappa shape index (κ2) is 7.36. The Morgan fingerprint density at radius 3 is 2.33 bits per heavy atom. The molecule has 3 rings (SSSR count). The van der Waals surface area contributed by atoms with E-state index in [9.17, 15) is 8.42 Å². The fraction of sp³-hybridized carbons (Fsp3) is 0.368. The average Bonchev–Trinajstić information content (AvgIpc) is 2.58. The Kier molecular flexibility index (Phi) is 5.21. The summed E-state index contributed by atoms with van der Waals surface area (Å²) in [4.78, 5) is 0.303. The molecule has 128 valence electrons. The number of para-hydroxylation sites is 1. The molecule has 2 aromatic carbocycles. The number of rotatable bonds is 5. The second-order valence-corrected chi connectivity index (χ2v) is 8.01. The minimum absolute atomic E-state index is 0.138. The summed E-state index contributed by atoms with van der Waals surface area (Å²) in [5.74, 6) is 0.781. The molecule has 0 spiro atoms. The molecule has 0 amide bonds. The Balaban J connectivity index is 1.74. The smallest absolute Gasteiger partial charge is 0.240 e. The van der Waals surface area contributed by atoms with E-state index in [1.165, 1.54) is 0 Å². The first-order chi connectivity index (χ1) is 11.5.